The SMILES string of the molecule is OCc1ccnc(OCc2cccs2)c1. The van der Waals surface area contributed by atoms with Crippen LogP contribution in [0.25, 0.3) is 0 Å². The molecule has 4 heteroatoms. The molecule has 0 aliphatic rings. The van der Waals surface area contributed by atoms with Gasteiger partial charge in [-0.05, 0) is 23.1 Å². The van der Waals surface area contributed by atoms with Crippen molar-refractivity contribution in [2.45, 2.75) is 13.2 Å². The predicted molar refractivity (Wildman–Crippen MR) is 58.8 cm³/mol. The molecule has 0 radical (unpaired) electrons. The molecule has 0 unspecified atom stereocenters. The zero-order chi connectivity index (χ0) is 10.5. The van der Waals surface area contributed by atoms with Crippen molar-refractivity contribution in [2.75, 3.05) is 0 Å². The van der Waals surface area contributed by atoms with E-state index in [-0.39, 0.29) is 6.61 Å². The van der Waals surface area contributed by atoms with Crippen molar-refractivity contribution >= 4 is 11.3 Å². The third kappa shape index (κ3) is 2.78. The molecule has 15 heavy (non-hydrogen) atoms. The first-order chi connectivity index (χ1) is 7.38. The van der Waals surface area contributed by atoms with Gasteiger partial charge in [0.05, 0.1) is 6.61 Å². The average Bonchev–Trinajstić information content (AvgIpc) is 2.79. The second-order valence-corrected chi connectivity index (χ2v) is 4.06. The molecule has 3 nitrogen and oxygen atoms in total. The first-order valence-corrected chi connectivity index (χ1v) is 5.47. The molecule has 1 N–H and O–H groups in total. The summed E-state index contributed by atoms with van der Waals surface area (Å²) in [6.07, 6.45) is 1.63. The lowest BCUT2D eigenvalue weighted by atomic mass is 10.3. The van der Waals surface area contributed by atoms with Crippen LogP contribution in [0, 0.1) is 0 Å². The van der Waals surface area contributed by atoms with Crippen LogP contribution in [0.1, 0.15) is 10.4 Å². The molecule has 0 bridgehead atoms. The molecule has 2 rings (SSSR count). The first kappa shape index (κ1) is 10.1. The predicted octanol–water partition coefficient (Wildman–Crippen LogP) is 2.21. The van der Waals surface area contributed by atoms with E-state index in [1.54, 1.807) is 29.7 Å². The Morgan fingerprint density at radius 3 is 3.07 bits per heavy atom. The number of hydrogen-bond acceptors (Lipinski definition) is 4. The Hall–Kier alpha value is -1.39. The minimum absolute atomic E-state index is 0.0118. The standard InChI is InChI=1S/C11H11NO2S/c13-7-9-3-4-12-11(6-9)14-8-10-2-1-5-15-10/h1-6,13H,7-8H2. The highest BCUT2D eigenvalue weighted by atomic mass is 32.1. The molecule has 2 aromatic rings. The lowest BCUT2D eigenvalue weighted by molar-refractivity contribution is 0.275. The number of aromatic nitrogens is 1. The van der Waals surface area contributed by atoms with Gasteiger partial charge in [-0.15, -0.1) is 11.3 Å². The summed E-state index contributed by atoms with van der Waals surface area (Å²) in [4.78, 5) is 5.22. The van der Waals surface area contributed by atoms with Gasteiger partial charge in [-0.3, -0.25) is 0 Å². The monoisotopic (exact) mass is 221 g/mol. The molecular formula is C11H11NO2S. The van der Waals surface area contributed by atoms with E-state index in [9.17, 15) is 0 Å². The smallest absolute Gasteiger partial charge is 0.213 e. The van der Waals surface area contributed by atoms with Crippen LogP contribution < -0.4 is 4.74 Å². The normalized spacial score (nSPS) is 10.2. The Labute approximate surface area is 92.0 Å². The van der Waals surface area contributed by atoms with Gasteiger partial charge in [0, 0.05) is 17.1 Å². The van der Waals surface area contributed by atoms with E-state index in [0.29, 0.717) is 12.5 Å². The molecule has 0 aromatic carbocycles. The minimum Gasteiger partial charge on any atom is -0.472 e. The van der Waals surface area contributed by atoms with Gasteiger partial charge in [-0.2, -0.15) is 0 Å². The van der Waals surface area contributed by atoms with Crippen molar-refractivity contribution in [1.29, 1.82) is 0 Å². The Balaban J connectivity index is 1.98. The van der Waals surface area contributed by atoms with Gasteiger partial charge < -0.3 is 9.84 Å². The summed E-state index contributed by atoms with van der Waals surface area (Å²) >= 11 is 1.65. The fraction of sp³-hybridized carbons (Fsp3) is 0.182. The second-order valence-electron chi connectivity index (χ2n) is 3.03. The Morgan fingerprint density at radius 1 is 1.40 bits per heavy atom. The summed E-state index contributed by atoms with van der Waals surface area (Å²) in [6, 6.07) is 7.51. The first-order valence-electron chi connectivity index (χ1n) is 4.59. The van der Waals surface area contributed by atoms with Gasteiger partial charge in [0.25, 0.3) is 0 Å². The van der Waals surface area contributed by atoms with Crippen molar-refractivity contribution in [2.24, 2.45) is 0 Å². The van der Waals surface area contributed by atoms with Gasteiger partial charge in [0.1, 0.15) is 6.61 Å². The Morgan fingerprint density at radius 2 is 2.33 bits per heavy atom. The van der Waals surface area contributed by atoms with Crippen LogP contribution in [0.2, 0.25) is 0 Å². The van der Waals surface area contributed by atoms with Gasteiger partial charge >= 0.3 is 0 Å². The largest absolute Gasteiger partial charge is 0.472 e. The number of thiophene rings is 1. The molecule has 0 aliphatic heterocycles. The summed E-state index contributed by atoms with van der Waals surface area (Å²) in [7, 11) is 0. The zero-order valence-corrected chi connectivity index (χ0v) is 8.91. The summed E-state index contributed by atoms with van der Waals surface area (Å²) in [5.41, 5.74) is 0.811. The third-order valence-electron chi connectivity index (χ3n) is 1.92. The summed E-state index contributed by atoms with van der Waals surface area (Å²) in [5.74, 6) is 0.551. The average molecular weight is 221 g/mol. The summed E-state index contributed by atoms with van der Waals surface area (Å²) in [5, 5.41) is 10.9. The molecule has 2 heterocycles. The van der Waals surface area contributed by atoms with E-state index in [1.807, 2.05) is 17.5 Å². The van der Waals surface area contributed by atoms with E-state index < -0.39 is 0 Å². The minimum atomic E-state index is 0.0118. The van der Waals surface area contributed by atoms with Crippen molar-refractivity contribution < 1.29 is 9.84 Å². The van der Waals surface area contributed by atoms with Crippen LogP contribution in [0.15, 0.2) is 35.8 Å². The van der Waals surface area contributed by atoms with E-state index >= 15 is 0 Å². The van der Waals surface area contributed by atoms with E-state index in [0.717, 1.165) is 10.4 Å². The maximum atomic E-state index is 8.93. The molecule has 0 spiro atoms. The van der Waals surface area contributed by atoms with Crippen LogP contribution in [-0.4, -0.2) is 10.1 Å². The van der Waals surface area contributed by atoms with Gasteiger partial charge in [0.2, 0.25) is 5.88 Å². The third-order valence-corrected chi connectivity index (χ3v) is 2.77. The van der Waals surface area contributed by atoms with E-state index in [4.69, 9.17) is 9.84 Å². The van der Waals surface area contributed by atoms with Gasteiger partial charge in [0.15, 0.2) is 0 Å². The summed E-state index contributed by atoms with van der Waals surface area (Å²) in [6.45, 7) is 0.539. The van der Waals surface area contributed by atoms with E-state index in [2.05, 4.69) is 4.98 Å². The van der Waals surface area contributed by atoms with Crippen LogP contribution in [0.4, 0.5) is 0 Å². The number of hydrogen-bond donors (Lipinski definition) is 1. The van der Waals surface area contributed by atoms with Crippen molar-refractivity contribution in [3.63, 3.8) is 0 Å². The zero-order valence-electron chi connectivity index (χ0n) is 8.09. The molecule has 0 atom stereocenters. The molecule has 0 aliphatic carbocycles. The van der Waals surface area contributed by atoms with Gasteiger partial charge in [-0.1, -0.05) is 6.07 Å². The maximum absolute atomic E-state index is 8.93. The lowest BCUT2D eigenvalue weighted by Crippen LogP contribution is -1.96. The van der Waals surface area contributed by atoms with E-state index in [1.165, 1.54) is 0 Å². The Kier molecular flexibility index (Phi) is 3.32. The lowest BCUT2D eigenvalue weighted by Gasteiger charge is -2.04. The molecule has 0 amide bonds. The molecule has 78 valence electrons. The van der Waals surface area contributed by atoms with Crippen LogP contribution >= 0.6 is 11.3 Å². The number of rotatable bonds is 4. The number of aliphatic hydroxyl groups excluding tert-OH is 1. The molecular weight excluding hydrogens is 210 g/mol. The second kappa shape index (κ2) is 4.91. The number of aliphatic hydroxyl groups is 1. The van der Waals surface area contributed by atoms with Crippen molar-refractivity contribution in [3.05, 3.63) is 46.3 Å². The number of nitrogens with zero attached hydrogens (tertiary/aromatic N) is 1. The highest BCUT2D eigenvalue weighted by Gasteiger charge is 1.99. The fourth-order valence-electron chi connectivity index (χ4n) is 1.17. The van der Waals surface area contributed by atoms with Gasteiger partial charge in [-0.25, -0.2) is 4.98 Å². The van der Waals surface area contributed by atoms with Crippen molar-refractivity contribution in [3.8, 4) is 5.88 Å². The quantitative estimate of drug-likeness (QED) is 0.860. The fourth-order valence-corrected chi connectivity index (χ4v) is 1.78. The van der Waals surface area contributed by atoms with Crippen molar-refractivity contribution in [1.82, 2.24) is 4.98 Å². The summed E-state index contributed by atoms with van der Waals surface area (Å²) < 4.78 is 5.48. The molecule has 2 aromatic heterocycles. The topological polar surface area (TPSA) is 42.4 Å². The number of pyridine rings is 1. The van der Waals surface area contributed by atoms with Crippen LogP contribution in [0.3, 0.4) is 0 Å². The highest BCUT2D eigenvalue weighted by molar-refractivity contribution is 7.09. The van der Waals surface area contributed by atoms with Crippen LogP contribution in [0.5, 0.6) is 5.88 Å². The number of ether oxygens (including phenoxy) is 1. The Bertz CT molecular complexity index is 414. The molecule has 0 saturated carbocycles. The highest BCUT2D eigenvalue weighted by Crippen LogP contribution is 2.14. The maximum Gasteiger partial charge on any atom is 0.213 e. The van der Waals surface area contributed by atoms with Crippen LogP contribution in [-0.2, 0) is 13.2 Å². The molecule has 0 saturated heterocycles. The molecule has 0 fully saturated rings.